The molecular formula is C31H30N8O3. The molecule has 0 bridgehead atoms. The predicted octanol–water partition coefficient (Wildman–Crippen LogP) is 4.22. The number of nitrogens with zero attached hydrogens (tertiary/aromatic N) is 4. The zero-order valence-electron chi connectivity index (χ0n) is 22.7. The second kappa shape index (κ2) is 12.6. The lowest BCUT2D eigenvalue weighted by atomic mass is 10.1. The third-order valence-corrected chi connectivity index (χ3v) is 6.50. The number of benzene rings is 3. The van der Waals surface area contributed by atoms with Crippen LogP contribution in [0, 0.1) is 0 Å². The molecule has 11 nitrogen and oxygen atoms in total. The number of fused-ring (bicyclic) bond motifs is 1. The molecule has 11 heteroatoms. The van der Waals surface area contributed by atoms with Gasteiger partial charge in [-0.2, -0.15) is 0 Å². The molecule has 5 rings (SSSR count). The van der Waals surface area contributed by atoms with Crippen molar-refractivity contribution in [3.63, 3.8) is 0 Å². The average Bonchev–Trinajstić information content (AvgIpc) is 3.36. The van der Waals surface area contributed by atoms with Gasteiger partial charge in [0.2, 0.25) is 5.91 Å². The van der Waals surface area contributed by atoms with Crippen molar-refractivity contribution in [3.8, 4) is 22.9 Å². The molecule has 7 N–H and O–H groups in total. The van der Waals surface area contributed by atoms with E-state index in [1.165, 1.54) is 0 Å². The van der Waals surface area contributed by atoms with Gasteiger partial charge in [0.15, 0.2) is 5.96 Å². The molecule has 0 saturated carbocycles. The van der Waals surface area contributed by atoms with E-state index in [0.29, 0.717) is 64.7 Å². The summed E-state index contributed by atoms with van der Waals surface area (Å²) in [7, 11) is 0. The number of para-hydroxylation sites is 1. The van der Waals surface area contributed by atoms with Gasteiger partial charge in [-0.15, -0.1) is 0 Å². The Labute approximate surface area is 242 Å². The smallest absolute Gasteiger partial charge is 0.256 e. The number of rotatable bonds is 11. The van der Waals surface area contributed by atoms with Crippen molar-refractivity contribution in [1.82, 2.24) is 14.5 Å². The van der Waals surface area contributed by atoms with Crippen molar-refractivity contribution >= 4 is 34.6 Å². The minimum Gasteiger partial charge on any atom is -0.457 e. The van der Waals surface area contributed by atoms with Crippen LogP contribution in [0.15, 0.2) is 102 Å². The first kappa shape index (κ1) is 27.8. The number of amides is 2. The minimum atomic E-state index is -0.758. The summed E-state index contributed by atoms with van der Waals surface area (Å²) < 4.78 is 7.85. The van der Waals surface area contributed by atoms with Crippen LogP contribution in [0.1, 0.15) is 29.2 Å². The summed E-state index contributed by atoms with van der Waals surface area (Å²) in [6.45, 7) is 0.340. The number of hydrogen-bond donors (Lipinski definition) is 4. The topological polar surface area (TPSA) is 177 Å². The second-order valence-corrected chi connectivity index (χ2v) is 9.49. The van der Waals surface area contributed by atoms with Crippen molar-refractivity contribution in [2.24, 2.45) is 22.2 Å². The van der Waals surface area contributed by atoms with Crippen molar-refractivity contribution in [2.75, 3.05) is 11.9 Å². The molecule has 0 fully saturated rings. The lowest BCUT2D eigenvalue weighted by Gasteiger charge is -2.19. The van der Waals surface area contributed by atoms with Gasteiger partial charge in [0.05, 0.1) is 11.0 Å². The number of carbonyl (C=O) groups excluding carboxylic acids is 2. The number of pyridine rings is 1. The molecule has 212 valence electrons. The molecule has 0 aliphatic carbocycles. The summed E-state index contributed by atoms with van der Waals surface area (Å²) in [5.41, 5.74) is 19.1. The molecule has 2 aromatic heterocycles. The summed E-state index contributed by atoms with van der Waals surface area (Å²) in [5, 5.41) is 2.78. The Morgan fingerprint density at radius 1 is 0.905 bits per heavy atom. The molecule has 0 spiro atoms. The highest BCUT2D eigenvalue weighted by molar-refractivity contribution is 6.05. The van der Waals surface area contributed by atoms with E-state index in [1.807, 2.05) is 54.6 Å². The maximum absolute atomic E-state index is 13.0. The van der Waals surface area contributed by atoms with Crippen LogP contribution in [-0.2, 0) is 4.79 Å². The minimum absolute atomic E-state index is 0.0221. The van der Waals surface area contributed by atoms with Crippen LogP contribution in [0.2, 0.25) is 0 Å². The molecule has 5 aromatic rings. The fourth-order valence-electron chi connectivity index (χ4n) is 4.60. The van der Waals surface area contributed by atoms with Crippen LogP contribution in [0.25, 0.3) is 22.4 Å². The second-order valence-electron chi connectivity index (χ2n) is 9.49. The quantitative estimate of drug-likeness (QED) is 0.106. The van der Waals surface area contributed by atoms with Crippen LogP contribution in [0.4, 0.5) is 5.82 Å². The average molecular weight is 563 g/mol. The maximum atomic E-state index is 13.0. The van der Waals surface area contributed by atoms with Gasteiger partial charge in [-0.25, -0.2) is 9.97 Å². The number of aliphatic imine (C=N–C) groups is 1. The summed E-state index contributed by atoms with van der Waals surface area (Å²) in [4.78, 5) is 38.9. The number of primary amides is 1. The van der Waals surface area contributed by atoms with Crippen LogP contribution < -0.4 is 27.3 Å². The fraction of sp³-hybridized carbons (Fsp3) is 0.129. The van der Waals surface area contributed by atoms with Crippen LogP contribution in [0.5, 0.6) is 11.5 Å². The monoisotopic (exact) mass is 562 g/mol. The highest BCUT2D eigenvalue weighted by Crippen LogP contribution is 2.33. The third-order valence-electron chi connectivity index (χ3n) is 6.50. The van der Waals surface area contributed by atoms with Gasteiger partial charge in [0.25, 0.3) is 5.91 Å². The molecule has 0 aliphatic heterocycles. The maximum Gasteiger partial charge on any atom is 0.256 e. The Balaban J connectivity index is 1.56. The highest BCUT2D eigenvalue weighted by Gasteiger charge is 2.25. The third kappa shape index (κ3) is 6.53. The van der Waals surface area contributed by atoms with Crippen molar-refractivity contribution < 1.29 is 14.3 Å². The van der Waals surface area contributed by atoms with Crippen LogP contribution >= 0.6 is 0 Å². The van der Waals surface area contributed by atoms with Gasteiger partial charge in [-0.3, -0.25) is 14.6 Å². The van der Waals surface area contributed by atoms with Gasteiger partial charge in [0.1, 0.15) is 29.2 Å². The summed E-state index contributed by atoms with van der Waals surface area (Å²) in [6, 6.07) is 26.4. The molecule has 0 unspecified atom stereocenters. The van der Waals surface area contributed by atoms with Crippen molar-refractivity contribution in [3.05, 3.63) is 103 Å². The van der Waals surface area contributed by atoms with Crippen molar-refractivity contribution in [2.45, 2.75) is 18.9 Å². The Morgan fingerprint density at radius 3 is 2.43 bits per heavy atom. The molecule has 42 heavy (non-hydrogen) atoms. The van der Waals surface area contributed by atoms with E-state index in [1.54, 1.807) is 47.2 Å². The Bertz CT molecular complexity index is 1730. The zero-order valence-corrected chi connectivity index (χ0v) is 22.7. The number of imidazole rings is 1. The Kier molecular flexibility index (Phi) is 8.38. The molecule has 2 heterocycles. The van der Waals surface area contributed by atoms with E-state index in [-0.39, 0.29) is 11.9 Å². The molecule has 2 amide bonds. The standard InChI is InChI=1S/C31H30N8O3/c32-28(40)26(12-7-17-36-31(33)34)39-25-15-14-21(30(41)38-27-13-4-5-16-35-27)19-24(25)37-29(39)20-8-6-11-23(18-20)42-22-9-2-1-3-10-22/h1-6,8-11,13-16,18-19,26H,7,12,17H2,(H2,32,40)(H4,33,34,36)(H,35,38,41)/t26-/m1/s1. The summed E-state index contributed by atoms with van der Waals surface area (Å²) in [6.07, 6.45) is 2.47. The number of carbonyl (C=O) groups is 2. The highest BCUT2D eigenvalue weighted by atomic mass is 16.5. The number of ether oxygens (including phenoxy) is 1. The number of nitrogens with two attached hydrogens (primary N) is 3. The SMILES string of the molecule is NC(=O)[C@@H](CCCN=C(N)N)n1c(-c2cccc(Oc3ccccc3)c2)nc2cc(C(=O)Nc3ccccn3)ccc21. The van der Waals surface area contributed by atoms with Gasteiger partial charge in [-0.1, -0.05) is 36.4 Å². The predicted molar refractivity (Wildman–Crippen MR) is 162 cm³/mol. The first-order valence-corrected chi connectivity index (χ1v) is 13.3. The number of aromatic nitrogens is 3. The first-order chi connectivity index (χ1) is 20.4. The number of nitrogens with one attached hydrogen (secondary N) is 1. The molecule has 0 radical (unpaired) electrons. The number of hydrogen-bond acceptors (Lipinski definition) is 6. The fourth-order valence-corrected chi connectivity index (χ4v) is 4.60. The van der Waals surface area contributed by atoms with E-state index in [2.05, 4.69) is 15.3 Å². The number of anilines is 1. The van der Waals surface area contributed by atoms with Gasteiger partial charge in [0, 0.05) is 23.9 Å². The lowest BCUT2D eigenvalue weighted by molar-refractivity contribution is -0.121. The normalized spacial score (nSPS) is 11.5. The molecular weight excluding hydrogens is 532 g/mol. The Morgan fingerprint density at radius 2 is 1.69 bits per heavy atom. The van der Waals surface area contributed by atoms with E-state index in [0.717, 1.165) is 0 Å². The number of guanidine groups is 1. The Hall–Kier alpha value is -5.71. The molecule has 3 aromatic carbocycles. The summed E-state index contributed by atoms with van der Waals surface area (Å²) in [5.74, 6) is 1.31. The van der Waals surface area contributed by atoms with Gasteiger partial charge in [-0.05, 0) is 67.4 Å². The van der Waals surface area contributed by atoms with Gasteiger partial charge < -0.3 is 31.8 Å². The first-order valence-electron chi connectivity index (χ1n) is 13.3. The van der Waals surface area contributed by atoms with Crippen LogP contribution in [0.3, 0.4) is 0 Å². The molecule has 1 atom stereocenters. The van der Waals surface area contributed by atoms with E-state index in [4.69, 9.17) is 26.9 Å². The van der Waals surface area contributed by atoms with Crippen LogP contribution in [-0.4, -0.2) is 38.9 Å². The van der Waals surface area contributed by atoms with E-state index in [9.17, 15) is 9.59 Å². The van der Waals surface area contributed by atoms with E-state index >= 15 is 0 Å². The largest absolute Gasteiger partial charge is 0.457 e. The van der Waals surface area contributed by atoms with Gasteiger partial charge >= 0.3 is 0 Å². The molecule has 0 saturated heterocycles. The summed E-state index contributed by atoms with van der Waals surface area (Å²) >= 11 is 0. The molecule has 0 aliphatic rings. The lowest BCUT2D eigenvalue weighted by Crippen LogP contribution is -2.27. The van der Waals surface area contributed by atoms with E-state index < -0.39 is 11.9 Å². The zero-order chi connectivity index (χ0) is 29.5. The van der Waals surface area contributed by atoms with Crippen molar-refractivity contribution in [1.29, 1.82) is 0 Å².